The molecule has 2 unspecified atom stereocenters. The normalized spacial score (nSPS) is 28.2. The molecular weight excluding hydrogens is 420 g/mol. The first-order chi connectivity index (χ1) is 15.2. The van der Waals surface area contributed by atoms with Crippen LogP contribution in [0.15, 0.2) is 0 Å². The third kappa shape index (κ3) is 4.80. The second-order valence-corrected chi connectivity index (χ2v) is 8.88. The average Bonchev–Trinajstić information content (AvgIpc) is 3.41. The first kappa shape index (κ1) is 24.6. The van der Waals surface area contributed by atoms with Gasteiger partial charge >= 0.3 is 5.97 Å². The van der Waals surface area contributed by atoms with Gasteiger partial charge in [-0.25, -0.2) is 15.6 Å². The zero-order chi connectivity index (χ0) is 23.5. The van der Waals surface area contributed by atoms with E-state index in [1.165, 1.54) is 6.92 Å². The maximum atomic E-state index is 13.2. The summed E-state index contributed by atoms with van der Waals surface area (Å²) >= 11 is 0. The van der Waals surface area contributed by atoms with Crippen LogP contribution >= 0.6 is 0 Å². The van der Waals surface area contributed by atoms with Crippen molar-refractivity contribution in [1.82, 2.24) is 15.2 Å². The monoisotopic (exact) mass is 454 g/mol. The summed E-state index contributed by atoms with van der Waals surface area (Å²) in [6.07, 6.45) is 2.81. The number of aliphatic hydroxyl groups excluding tert-OH is 1. The molecule has 180 valence electrons. The fraction of sp³-hybridized carbons (Fsp3) is 0.810. The van der Waals surface area contributed by atoms with Gasteiger partial charge in [-0.15, -0.1) is 0 Å². The van der Waals surface area contributed by atoms with Crippen molar-refractivity contribution in [2.75, 3.05) is 32.8 Å². The Kier molecular flexibility index (Phi) is 7.86. The Labute approximate surface area is 187 Å². The maximum Gasteiger partial charge on any atom is 0.359 e. The Morgan fingerprint density at radius 3 is 2.50 bits per heavy atom. The van der Waals surface area contributed by atoms with Crippen LogP contribution in [0.4, 0.5) is 0 Å². The number of carbonyl (C=O) groups excluding carboxylic acids is 3. The van der Waals surface area contributed by atoms with Gasteiger partial charge in [-0.3, -0.25) is 14.4 Å². The fourth-order valence-corrected chi connectivity index (χ4v) is 4.88. The van der Waals surface area contributed by atoms with E-state index in [1.807, 2.05) is 0 Å². The zero-order valence-corrected chi connectivity index (χ0v) is 18.5. The number of Topliss-reactive ketones (excluding diaryl/α,β-unsaturated/α-hetero) is 1. The number of hydrogen-bond donors (Lipinski definition) is 4. The summed E-state index contributed by atoms with van der Waals surface area (Å²) in [5, 5.41) is 23.4. The molecule has 0 aromatic carbocycles. The number of aliphatic hydroxyl groups is 1. The molecule has 2 amide bonds. The highest BCUT2D eigenvalue weighted by molar-refractivity contribution is 6.07. The van der Waals surface area contributed by atoms with E-state index in [1.54, 1.807) is 4.90 Å². The fourth-order valence-electron chi connectivity index (χ4n) is 4.88. The Morgan fingerprint density at radius 2 is 1.94 bits per heavy atom. The number of hydrogen-bond acceptors (Lipinski definition) is 8. The van der Waals surface area contributed by atoms with Gasteiger partial charge in [0.05, 0.1) is 5.92 Å². The molecule has 3 fully saturated rings. The number of nitrogens with two attached hydrogens (primary N) is 1. The molecule has 1 aliphatic carbocycles. The number of rotatable bonds is 9. The number of amides is 2. The number of carbonyl (C=O) groups is 4. The van der Waals surface area contributed by atoms with Crippen molar-refractivity contribution < 1.29 is 34.1 Å². The summed E-state index contributed by atoms with van der Waals surface area (Å²) in [5.74, 6) is 1.24. The van der Waals surface area contributed by atoms with E-state index in [9.17, 15) is 29.4 Å². The van der Waals surface area contributed by atoms with Crippen LogP contribution in [0.25, 0.3) is 0 Å². The van der Waals surface area contributed by atoms with Crippen molar-refractivity contribution in [3.05, 3.63) is 0 Å². The van der Waals surface area contributed by atoms with Crippen molar-refractivity contribution in [3.8, 4) is 0 Å². The molecule has 11 heteroatoms. The summed E-state index contributed by atoms with van der Waals surface area (Å²) in [6, 6.07) is 0. The van der Waals surface area contributed by atoms with E-state index in [4.69, 9.17) is 10.6 Å². The molecule has 3 rings (SSSR count). The number of nitrogens with one attached hydrogen (secondary N) is 1. The number of carboxylic acid groups (broad SMARTS) is 1. The lowest BCUT2D eigenvalue weighted by Crippen LogP contribution is -2.66. The van der Waals surface area contributed by atoms with Crippen LogP contribution in [-0.4, -0.2) is 88.3 Å². The van der Waals surface area contributed by atoms with Gasteiger partial charge in [0.15, 0.2) is 5.78 Å². The number of hydrazine groups is 1. The lowest BCUT2D eigenvalue weighted by molar-refractivity contribution is -0.212. The van der Waals surface area contributed by atoms with Gasteiger partial charge in [-0.1, -0.05) is 0 Å². The van der Waals surface area contributed by atoms with Crippen LogP contribution in [-0.2, 0) is 23.9 Å². The molecule has 3 aliphatic rings. The minimum Gasteiger partial charge on any atom is -0.478 e. The van der Waals surface area contributed by atoms with Crippen LogP contribution in [0.1, 0.15) is 45.4 Å². The summed E-state index contributed by atoms with van der Waals surface area (Å²) in [7, 11) is 0. The van der Waals surface area contributed by atoms with E-state index in [2.05, 4.69) is 5.32 Å². The average molecular weight is 455 g/mol. The standard InChI is InChI=1S/C21H34N4O7/c1-2-32-21(20(30)31,16-17(27)18(16)28)25(22)19(29)14-4-3-11-24(12-14)15(26)6-5-13-7-9-23-10-8-13/h13-14,16-17,23,27H,2-12,22H2,1H3,(H,30,31)/t14-,16?,17?,21-/m1/s1. The number of piperidine rings is 2. The van der Waals surface area contributed by atoms with Crippen molar-refractivity contribution in [2.45, 2.75) is 57.3 Å². The molecule has 32 heavy (non-hydrogen) atoms. The summed E-state index contributed by atoms with van der Waals surface area (Å²) < 4.78 is 5.32. The number of nitrogens with zero attached hydrogens (tertiary/aromatic N) is 2. The Balaban J connectivity index is 1.65. The zero-order valence-electron chi connectivity index (χ0n) is 18.5. The molecule has 4 atom stereocenters. The van der Waals surface area contributed by atoms with Crippen LogP contribution in [0.3, 0.4) is 0 Å². The molecule has 11 nitrogen and oxygen atoms in total. The van der Waals surface area contributed by atoms with Gasteiger partial charge in [0.25, 0.3) is 5.72 Å². The molecule has 2 heterocycles. The van der Waals surface area contributed by atoms with E-state index in [0.717, 1.165) is 32.4 Å². The van der Waals surface area contributed by atoms with Gasteiger partial charge in [-0.05, 0) is 58.0 Å². The van der Waals surface area contributed by atoms with Crippen LogP contribution in [0, 0.1) is 17.8 Å². The molecule has 5 N–H and O–H groups in total. The van der Waals surface area contributed by atoms with Crippen molar-refractivity contribution in [1.29, 1.82) is 0 Å². The second kappa shape index (κ2) is 10.2. The van der Waals surface area contributed by atoms with Crippen molar-refractivity contribution in [2.24, 2.45) is 23.6 Å². The minimum absolute atomic E-state index is 0.0216. The van der Waals surface area contributed by atoms with Crippen LogP contribution in [0.5, 0.6) is 0 Å². The highest BCUT2D eigenvalue weighted by Gasteiger charge is 2.69. The topological polar surface area (TPSA) is 162 Å². The summed E-state index contributed by atoms with van der Waals surface area (Å²) in [6.45, 7) is 3.99. The first-order valence-corrected chi connectivity index (χ1v) is 11.4. The molecule has 0 aromatic rings. The van der Waals surface area contributed by atoms with Gasteiger partial charge in [0.2, 0.25) is 11.8 Å². The van der Waals surface area contributed by atoms with E-state index >= 15 is 0 Å². The van der Waals surface area contributed by atoms with E-state index in [0.29, 0.717) is 36.7 Å². The SMILES string of the molecule is CCO[C@@](C(=O)O)(C1C(=O)C1O)N(N)C(=O)[C@@H]1CCCN(C(=O)CCC2CCNCC2)C1. The number of aliphatic carboxylic acids is 1. The molecule has 2 saturated heterocycles. The highest BCUT2D eigenvalue weighted by Crippen LogP contribution is 2.41. The van der Waals surface area contributed by atoms with Crippen molar-refractivity contribution in [3.63, 3.8) is 0 Å². The summed E-state index contributed by atoms with van der Waals surface area (Å²) in [4.78, 5) is 51.5. The van der Waals surface area contributed by atoms with Gasteiger partial charge in [0.1, 0.15) is 12.0 Å². The lowest BCUT2D eigenvalue weighted by atomic mass is 9.92. The number of ketones is 1. The molecule has 2 aliphatic heterocycles. The second-order valence-electron chi connectivity index (χ2n) is 8.88. The molecule has 0 radical (unpaired) electrons. The molecule has 0 spiro atoms. The number of likely N-dealkylation sites (tertiary alicyclic amines) is 1. The van der Waals surface area contributed by atoms with Gasteiger partial charge in [0, 0.05) is 26.1 Å². The Hall–Kier alpha value is -2.08. The molecule has 1 saturated carbocycles. The quantitative estimate of drug-likeness (QED) is 0.149. The summed E-state index contributed by atoms with van der Waals surface area (Å²) in [5.41, 5.74) is -2.47. The third-order valence-corrected chi connectivity index (χ3v) is 6.84. The number of ether oxygens (including phenoxy) is 1. The van der Waals surface area contributed by atoms with E-state index in [-0.39, 0.29) is 19.1 Å². The molecular formula is C21H34N4O7. The lowest BCUT2D eigenvalue weighted by Gasteiger charge is -2.40. The Morgan fingerprint density at radius 1 is 1.28 bits per heavy atom. The molecule has 0 bridgehead atoms. The Bertz CT molecular complexity index is 742. The third-order valence-electron chi connectivity index (χ3n) is 6.84. The largest absolute Gasteiger partial charge is 0.478 e. The van der Waals surface area contributed by atoms with Gasteiger partial charge < -0.3 is 25.2 Å². The molecule has 0 aromatic heterocycles. The predicted molar refractivity (Wildman–Crippen MR) is 112 cm³/mol. The van der Waals surface area contributed by atoms with Gasteiger partial charge in [-0.2, -0.15) is 0 Å². The number of carboxylic acids is 1. The highest BCUT2D eigenvalue weighted by atomic mass is 16.6. The van der Waals surface area contributed by atoms with Crippen molar-refractivity contribution >= 4 is 23.6 Å². The first-order valence-electron chi connectivity index (χ1n) is 11.4. The minimum atomic E-state index is -2.47. The van der Waals surface area contributed by atoms with Crippen LogP contribution in [0.2, 0.25) is 0 Å². The smallest absolute Gasteiger partial charge is 0.359 e. The predicted octanol–water partition coefficient (Wildman–Crippen LogP) is -0.916. The van der Waals surface area contributed by atoms with E-state index < -0.39 is 41.3 Å². The maximum absolute atomic E-state index is 13.2. The van der Waals surface area contributed by atoms with Crippen LogP contribution < -0.4 is 11.2 Å².